The van der Waals surface area contributed by atoms with Crippen molar-refractivity contribution in [2.75, 3.05) is 26.2 Å². The zero-order valence-corrected chi connectivity index (χ0v) is 13.1. The SMILES string of the molecule is O=C(C1CC1)N1CCN(C(=O)[C@@H]2C[C@H]2c2ccc(F)cc2)CC1. The Morgan fingerprint density at radius 1 is 0.913 bits per heavy atom. The highest BCUT2D eigenvalue weighted by atomic mass is 19.1. The van der Waals surface area contributed by atoms with E-state index in [0.717, 1.165) is 24.8 Å². The summed E-state index contributed by atoms with van der Waals surface area (Å²) >= 11 is 0. The summed E-state index contributed by atoms with van der Waals surface area (Å²) in [4.78, 5) is 28.4. The van der Waals surface area contributed by atoms with Gasteiger partial charge in [-0.1, -0.05) is 12.1 Å². The van der Waals surface area contributed by atoms with Crippen molar-refractivity contribution in [1.82, 2.24) is 9.80 Å². The molecule has 0 radical (unpaired) electrons. The molecule has 1 heterocycles. The number of nitrogens with zero attached hydrogens (tertiary/aromatic N) is 2. The maximum atomic E-state index is 13.0. The first kappa shape index (κ1) is 14.7. The van der Waals surface area contributed by atoms with Crippen LogP contribution in [0.2, 0.25) is 0 Å². The summed E-state index contributed by atoms with van der Waals surface area (Å²) in [5.41, 5.74) is 1.05. The number of hydrogen-bond donors (Lipinski definition) is 0. The van der Waals surface area contributed by atoms with Crippen LogP contribution < -0.4 is 0 Å². The fraction of sp³-hybridized carbons (Fsp3) is 0.556. The molecule has 2 amide bonds. The van der Waals surface area contributed by atoms with E-state index in [1.54, 1.807) is 12.1 Å². The molecule has 1 aromatic rings. The van der Waals surface area contributed by atoms with Gasteiger partial charge in [0.25, 0.3) is 0 Å². The molecule has 0 N–H and O–H groups in total. The van der Waals surface area contributed by atoms with Gasteiger partial charge in [0, 0.05) is 38.0 Å². The average Bonchev–Trinajstić information content (AvgIpc) is 3.47. The van der Waals surface area contributed by atoms with Gasteiger partial charge >= 0.3 is 0 Å². The Balaban J connectivity index is 1.31. The number of amides is 2. The Morgan fingerprint density at radius 2 is 1.48 bits per heavy atom. The molecule has 122 valence electrons. The van der Waals surface area contributed by atoms with Gasteiger partial charge < -0.3 is 9.80 Å². The first-order valence-electron chi connectivity index (χ1n) is 8.46. The van der Waals surface area contributed by atoms with Crippen LogP contribution in [0.3, 0.4) is 0 Å². The van der Waals surface area contributed by atoms with Crippen LogP contribution in [0, 0.1) is 17.7 Å². The molecule has 2 aliphatic carbocycles. The third kappa shape index (κ3) is 2.96. The third-order valence-electron chi connectivity index (χ3n) is 5.24. The van der Waals surface area contributed by atoms with Gasteiger partial charge in [-0.2, -0.15) is 0 Å². The topological polar surface area (TPSA) is 40.6 Å². The van der Waals surface area contributed by atoms with Gasteiger partial charge in [-0.25, -0.2) is 4.39 Å². The number of carbonyl (C=O) groups excluding carboxylic acids is 2. The molecule has 5 heteroatoms. The first-order valence-corrected chi connectivity index (χ1v) is 8.46. The molecular formula is C18H21FN2O2. The standard InChI is InChI=1S/C18H21FN2O2/c19-14-5-3-12(4-6-14)15-11-16(15)18(23)21-9-7-20(8-10-21)17(22)13-1-2-13/h3-6,13,15-16H,1-2,7-11H2/t15-,16+/m0/s1. The molecular weight excluding hydrogens is 295 g/mol. The minimum absolute atomic E-state index is 0.0335. The molecule has 3 aliphatic rings. The van der Waals surface area contributed by atoms with Gasteiger partial charge in [0.2, 0.25) is 11.8 Å². The zero-order valence-electron chi connectivity index (χ0n) is 13.1. The molecule has 0 bridgehead atoms. The summed E-state index contributed by atoms with van der Waals surface area (Å²) < 4.78 is 13.0. The quantitative estimate of drug-likeness (QED) is 0.856. The van der Waals surface area contributed by atoms with Crippen LogP contribution in [0.4, 0.5) is 4.39 Å². The van der Waals surface area contributed by atoms with Crippen LogP contribution in [0.1, 0.15) is 30.7 Å². The molecule has 4 nitrogen and oxygen atoms in total. The van der Waals surface area contributed by atoms with Crippen LogP contribution in [0.15, 0.2) is 24.3 Å². The lowest BCUT2D eigenvalue weighted by atomic mass is 10.1. The molecule has 1 saturated heterocycles. The first-order chi connectivity index (χ1) is 11.1. The molecule has 1 aliphatic heterocycles. The van der Waals surface area contributed by atoms with E-state index in [0.29, 0.717) is 26.2 Å². The largest absolute Gasteiger partial charge is 0.339 e. The fourth-order valence-corrected chi connectivity index (χ4v) is 3.52. The molecule has 2 atom stereocenters. The van der Waals surface area contributed by atoms with Crippen LogP contribution in [-0.4, -0.2) is 47.8 Å². The van der Waals surface area contributed by atoms with E-state index in [2.05, 4.69) is 0 Å². The number of halogens is 1. The molecule has 0 unspecified atom stereocenters. The van der Waals surface area contributed by atoms with E-state index in [-0.39, 0.29) is 35.4 Å². The second-order valence-electron chi connectivity index (χ2n) is 6.93. The highest BCUT2D eigenvalue weighted by Gasteiger charge is 2.46. The predicted octanol–water partition coefficient (Wildman–Crippen LogP) is 2.01. The molecule has 3 fully saturated rings. The number of rotatable bonds is 3. The molecule has 2 saturated carbocycles. The normalized spacial score (nSPS) is 27.0. The van der Waals surface area contributed by atoms with Crippen LogP contribution >= 0.6 is 0 Å². The van der Waals surface area contributed by atoms with Crippen LogP contribution in [0.25, 0.3) is 0 Å². The van der Waals surface area contributed by atoms with E-state index in [1.165, 1.54) is 12.1 Å². The Bertz CT molecular complexity index is 618. The van der Waals surface area contributed by atoms with Crippen molar-refractivity contribution in [3.8, 4) is 0 Å². The van der Waals surface area contributed by atoms with Crippen molar-refractivity contribution in [1.29, 1.82) is 0 Å². The van der Waals surface area contributed by atoms with E-state index in [4.69, 9.17) is 0 Å². The van der Waals surface area contributed by atoms with Gasteiger partial charge in [-0.15, -0.1) is 0 Å². The van der Waals surface area contributed by atoms with Gasteiger partial charge in [0.1, 0.15) is 5.82 Å². The lowest BCUT2D eigenvalue weighted by Crippen LogP contribution is -2.51. The predicted molar refractivity (Wildman–Crippen MR) is 83.1 cm³/mol. The number of benzene rings is 1. The van der Waals surface area contributed by atoms with Gasteiger partial charge in [-0.05, 0) is 42.9 Å². The van der Waals surface area contributed by atoms with Crippen molar-refractivity contribution in [2.24, 2.45) is 11.8 Å². The minimum Gasteiger partial charge on any atom is -0.339 e. The second-order valence-corrected chi connectivity index (χ2v) is 6.93. The van der Waals surface area contributed by atoms with Crippen molar-refractivity contribution >= 4 is 11.8 Å². The Kier molecular flexibility index (Phi) is 3.58. The monoisotopic (exact) mass is 316 g/mol. The number of piperazine rings is 1. The number of carbonyl (C=O) groups is 2. The van der Waals surface area contributed by atoms with Crippen LogP contribution in [0.5, 0.6) is 0 Å². The van der Waals surface area contributed by atoms with Gasteiger partial charge in [0.15, 0.2) is 0 Å². The summed E-state index contributed by atoms with van der Waals surface area (Å²) in [6, 6.07) is 6.47. The van der Waals surface area contributed by atoms with E-state index in [9.17, 15) is 14.0 Å². The van der Waals surface area contributed by atoms with Gasteiger partial charge in [-0.3, -0.25) is 9.59 Å². The maximum Gasteiger partial charge on any atom is 0.226 e. The zero-order chi connectivity index (χ0) is 16.0. The Morgan fingerprint density at radius 3 is 2.04 bits per heavy atom. The average molecular weight is 316 g/mol. The summed E-state index contributed by atoms with van der Waals surface area (Å²) in [5, 5.41) is 0. The lowest BCUT2D eigenvalue weighted by molar-refractivity contribution is -0.141. The summed E-state index contributed by atoms with van der Waals surface area (Å²) in [7, 11) is 0. The van der Waals surface area contributed by atoms with E-state index >= 15 is 0 Å². The number of hydrogen-bond acceptors (Lipinski definition) is 2. The molecule has 1 aromatic carbocycles. The molecule has 0 aromatic heterocycles. The second kappa shape index (κ2) is 5.62. The van der Waals surface area contributed by atoms with Crippen molar-refractivity contribution in [2.45, 2.75) is 25.2 Å². The Labute approximate surface area is 135 Å². The highest BCUT2D eigenvalue weighted by Crippen LogP contribution is 2.48. The third-order valence-corrected chi connectivity index (χ3v) is 5.24. The lowest BCUT2D eigenvalue weighted by Gasteiger charge is -2.35. The maximum absolute atomic E-state index is 13.0. The summed E-state index contributed by atoms with van der Waals surface area (Å²) in [6.45, 7) is 2.61. The van der Waals surface area contributed by atoms with Crippen LogP contribution in [-0.2, 0) is 9.59 Å². The molecule has 0 spiro atoms. The smallest absolute Gasteiger partial charge is 0.226 e. The van der Waals surface area contributed by atoms with Gasteiger partial charge in [0.05, 0.1) is 0 Å². The van der Waals surface area contributed by atoms with Crippen molar-refractivity contribution in [3.05, 3.63) is 35.6 Å². The molecule has 4 rings (SSSR count). The summed E-state index contributed by atoms with van der Waals surface area (Å²) in [5.74, 6) is 0.739. The molecule has 23 heavy (non-hydrogen) atoms. The van der Waals surface area contributed by atoms with E-state index in [1.807, 2.05) is 9.80 Å². The highest BCUT2D eigenvalue weighted by molar-refractivity contribution is 5.84. The Hall–Kier alpha value is -1.91. The van der Waals surface area contributed by atoms with Crippen molar-refractivity contribution in [3.63, 3.8) is 0 Å². The van der Waals surface area contributed by atoms with E-state index < -0.39 is 0 Å². The fourth-order valence-electron chi connectivity index (χ4n) is 3.52. The van der Waals surface area contributed by atoms with Crippen molar-refractivity contribution < 1.29 is 14.0 Å². The minimum atomic E-state index is -0.242. The summed E-state index contributed by atoms with van der Waals surface area (Å²) in [6.07, 6.45) is 2.91.